The maximum Gasteiger partial charge on any atom is 0.263 e. The highest BCUT2D eigenvalue weighted by Gasteiger charge is 2.30. The van der Waals surface area contributed by atoms with E-state index in [9.17, 15) is 13.2 Å². The Morgan fingerprint density at radius 1 is 1.17 bits per heavy atom. The number of amidine groups is 1. The summed E-state index contributed by atoms with van der Waals surface area (Å²) in [5, 5.41) is 3.25. The Labute approximate surface area is 174 Å². The Kier molecular flexibility index (Phi) is 7.70. The SMILES string of the molecule is CCCCC1CCCC1NC(=O)CCCCCN=C1NS(=O)(=O)c2ccccc21. The van der Waals surface area contributed by atoms with Crippen molar-refractivity contribution in [2.75, 3.05) is 6.54 Å². The third-order valence-electron chi connectivity index (χ3n) is 5.93. The largest absolute Gasteiger partial charge is 0.353 e. The van der Waals surface area contributed by atoms with Crippen molar-refractivity contribution in [1.82, 2.24) is 10.0 Å². The number of nitrogens with one attached hydrogen (secondary N) is 2. The van der Waals surface area contributed by atoms with Crippen LogP contribution in [0.5, 0.6) is 0 Å². The standard InChI is InChI=1S/C22H33N3O3S/c1-2-3-10-17-11-9-13-19(17)24-21(26)15-5-4-8-16-23-22-18-12-6-7-14-20(18)29(27,28)25-22/h6-7,12,14,17,19H,2-5,8-11,13,15-16H2,1H3,(H,23,25)(H,24,26). The quantitative estimate of drug-likeness (QED) is 0.566. The van der Waals surface area contributed by atoms with Gasteiger partial charge in [-0.1, -0.05) is 44.7 Å². The summed E-state index contributed by atoms with van der Waals surface area (Å²) in [6.07, 6.45) is 10.4. The second-order valence-electron chi connectivity index (χ2n) is 8.15. The minimum atomic E-state index is -3.47. The van der Waals surface area contributed by atoms with Crippen molar-refractivity contribution >= 4 is 21.8 Å². The van der Waals surface area contributed by atoms with Crippen LogP contribution in [0, 0.1) is 5.92 Å². The van der Waals surface area contributed by atoms with E-state index in [1.54, 1.807) is 18.2 Å². The van der Waals surface area contributed by atoms with Gasteiger partial charge >= 0.3 is 0 Å². The Balaban J connectivity index is 1.35. The van der Waals surface area contributed by atoms with E-state index < -0.39 is 10.0 Å². The second kappa shape index (κ2) is 10.2. The van der Waals surface area contributed by atoms with Gasteiger partial charge in [-0.3, -0.25) is 14.5 Å². The van der Waals surface area contributed by atoms with Gasteiger partial charge in [-0.15, -0.1) is 0 Å². The van der Waals surface area contributed by atoms with Crippen LogP contribution >= 0.6 is 0 Å². The summed E-state index contributed by atoms with van der Waals surface area (Å²) in [4.78, 5) is 17.0. The number of carbonyl (C=O) groups is 1. The van der Waals surface area contributed by atoms with E-state index in [-0.39, 0.29) is 5.91 Å². The lowest BCUT2D eigenvalue weighted by Gasteiger charge is -2.20. The summed E-state index contributed by atoms with van der Waals surface area (Å²) < 4.78 is 26.6. The number of unbranched alkanes of at least 4 members (excludes halogenated alkanes) is 3. The van der Waals surface area contributed by atoms with Crippen LogP contribution in [-0.2, 0) is 14.8 Å². The molecule has 1 aliphatic carbocycles. The summed E-state index contributed by atoms with van der Waals surface area (Å²) in [6.45, 7) is 2.77. The molecule has 1 aromatic carbocycles. The summed E-state index contributed by atoms with van der Waals surface area (Å²) >= 11 is 0. The molecule has 160 valence electrons. The number of hydrogen-bond acceptors (Lipinski definition) is 4. The van der Waals surface area contributed by atoms with Crippen LogP contribution in [0.25, 0.3) is 0 Å². The summed E-state index contributed by atoms with van der Waals surface area (Å²) in [7, 11) is -3.47. The number of fused-ring (bicyclic) bond motifs is 1. The molecule has 2 aliphatic rings. The highest BCUT2D eigenvalue weighted by Crippen LogP contribution is 2.30. The second-order valence-corrected chi connectivity index (χ2v) is 9.80. The van der Waals surface area contributed by atoms with Crippen molar-refractivity contribution in [2.45, 2.75) is 82.1 Å². The van der Waals surface area contributed by atoms with Crippen LogP contribution in [0.3, 0.4) is 0 Å². The van der Waals surface area contributed by atoms with Crippen LogP contribution in [-0.4, -0.2) is 32.7 Å². The average Bonchev–Trinajstić information content (AvgIpc) is 3.24. The molecule has 1 amide bonds. The van der Waals surface area contributed by atoms with E-state index in [2.05, 4.69) is 22.0 Å². The van der Waals surface area contributed by atoms with Crippen LogP contribution < -0.4 is 10.0 Å². The van der Waals surface area contributed by atoms with Gasteiger partial charge in [0.15, 0.2) is 0 Å². The fourth-order valence-corrected chi connectivity index (χ4v) is 5.58. The predicted octanol–water partition coefficient (Wildman–Crippen LogP) is 3.76. The Hall–Kier alpha value is -1.89. The van der Waals surface area contributed by atoms with Crippen molar-refractivity contribution in [3.05, 3.63) is 29.8 Å². The van der Waals surface area contributed by atoms with Gasteiger partial charge < -0.3 is 5.32 Å². The number of amides is 1. The number of rotatable bonds is 10. The van der Waals surface area contributed by atoms with Crippen LogP contribution in [0.4, 0.5) is 0 Å². The molecular weight excluding hydrogens is 386 g/mol. The van der Waals surface area contributed by atoms with Crippen molar-refractivity contribution < 1.29 is 13.2 Å². The molecule has 1 fully saturated rings. The van der Waals surface area contributed by atoms with Gasteiger partial charge in [-0.25, -0.2) is 8.42 Å². The van der Waals surface area contributed by atoms with Gasteiger partial charge in [0.25, 0.3) is 10.0 Å². The molecule has 0 aromatic heterocycles. The molecule has 1 aromatic rings. The van der Waals surface area contributed by atoms with Gasteiger partial charge in [0.05, 0.1) is 4.90 Å². The lowest BCUT2D eigenvalue weighted by molar-refractivity contribution is -0.122. The fraction of sp³-hybridized carbons (Fsp3) is 0.636. The first-order chi connectivity index (χ1) is 14.0. The molecule has 0 radical (unpaired) electrons. The number of carbonyl (C=O) groups excluding carboxylic acids is 1. The van der Waals surface area contributed by atoms with Crippen LogP contribution in [0.15, 0.2) is 34.2 Å². The van der Waals surface area contributed by atoms with Gasteiger partial charge in [0, 0.05) is 24.6 Å². The Bertz CT molecular complexity index is 835. The average molecular weight is 420 g/mol. The van der Waals surface area contributed by atoms with E-state index >= 15 is 0 Å². The summed E-state index contributed by atoms with van der Waals surface area (Å²) in [5.74, 6) is 1.26. The molecule has 7 heteroatoms. The zero-order valence-electron chi connectivity index (χ0n) is 17.3. The monoisotopic (exact) mass is 419 g/mol. The minimum Gasteiger partial charge on any atom is -0.353 e. The highest BCUT2D eigenvalue weighted by molar-refractivity contribution is 7.90. The molecule has 2 N–H and O–H groups in total. The van der Waals surface area contributed by atoms with E-state index in [0.29, 0.717) is 41.2 Å². The van der Waals surface area contributed by atoms with E-state index in [1.165, 1.54) is 32.1 Å². The van der Waals surface area contributed by atoms with E-state index in [4.69, 9.17) is 0 Å². The normalized spacial score (nSPS) is 23.7. The number of hydrogen-bond donors (Lipinski definition) is 2. The molecule has 2 unspecified atom stereocenters. The maximum absolute atomic E-state index is 12.3. The van der Waals surface area contributed by atoms with Gasteiger partial charge in [0.2, 0.25) is 5.91 Å². The Morgan fingerprint density at radius 3 is 2.83 bits per heavy atom. The molecule has 0 bridgehead atoms. The molecular formula is C22H33N3O3S. The maximum atomic E-state index is 12.3. The third-order valence-corrected chi connectivity index (χ3v) is 7.33. The minimum absolute atomic E-state index is 0.169. The van der Waals surface area contributed by atoms with Crippen molar-refractivity contribution in [3.8, 4) is 0 Å². The zero-order valence-corrected chi connectivity index (χ0v) is 18.1. The first kappa shape index (κ1) is 21.8. The summed E-state index contributed by atoms with van der Waals surface area (Å²) in [6, 6.07) is 7.26. The molecule has 6 nitrogen and oxygen atoms in total. The smallest absolute Gasteiger partial charge is 0.263 e. The molecule has 2 atom stereocenters. The van der Waals surface area contributed by atoms with Crippen molar-refractivity contribution in [2.24, 2.45) is 10.9 Å². The lowest BCUT2D eigenvalue weighted by Crippen LogP contribution is -2.37. The Morgan fingerprint density at radius 2 is 2.00 bits per heavy atom. The molecule has 0 spiro atoms. The zero-order chi connectivity index (χ0) is 20.7. The van der Waals surface area contributed by atoms with Gasteiger partial charge in [-0.2, -0.15) is 0 Å². The third kappa shape index (κ3) is 5.81. The van der Waals surface area contributed by atoms with Gasteiger partial charge in [-0.05, 0) is 50.2 Å². The lowest BCUT2D eigenvalue weighted by atomic mass is 9.96. The molecule has 1 saturated carbocycles. The summed E-state index contributed by atoms with van der Waals surface area (Å²) in [5.41, 5.74) is 0.640. The number of benzene rings is 1. The molecule has 0 saturated heterocycles. The predicted molar refractivity (Wildman–Crippen MR) is 115 cm³/mol. The van der Waals surface area contributed by atoms with Crippen molar-refractivity contribution in [3.63, 3.8) is 0 Å². The highest BCUT2D eigenvalue weighted by atomic mass is 32.2. The van der Waals surface area contributed by atoms with E-state index in [1.807, 2.05) is 6.07 Å². The first-order valence-electron chi connectivity index (χ1n) is 11.0. The number of aliphatic imine (C=N–C) groups is 1. The molecule has 3 rings (SSSR count). The number of nitrogens with zero attached hydrogens (tertiary/aromatic N) is 1. The molecule has 1 heterocycles. The molecule has 29 heavy (non-hydrogen) atoms. The molecule has 1 aliphatic heterocycles. The fourth-order valence-electron chi connectivity index (χ4n) is 4.33. The van der Waals surface area contributed by atoms with Crippen molar-refractivity contribution in [1.29, 1.82) is 0 Å². The number of sulfonamides is 1. The first-order valence-corrected chi connectivity index (χ1v) is 12.5. The topological polar surface area (TPSA) is 87.6 Å². The van der Waals surface area contributed by atoms with Crippen LogP contribution in [0.2, 0.25) is 0 Å². The van der Waals surface area contributed by atoms with E-state index in [0.717, 1.165) is 25.7 Å². The van der Waals surface area contributed by atoms with Crippen LogP contribution in [0.1, 0.15) is 76.7 Å². The van der Waals surface area contributed by atoms with Gasteiger partial charge in [0.1, 0.15) is 5.84 Å².